The summed E-state index contributed by atoms with van der Waals surface area (Å²) in [5, 5.41) is 20.8. The fraction of sp³-hybridized carbons (Fsp3) is 0.467. The van der Waals surface area contributed by atoms with Crippen molar-refractivity contribution in [3.8, 4) is 5.75 Å². The summed E-state index contributed by atoms with van der Waals surface area (Å²) in [5.74, 6) is 0.265. The molecular formula is C15H19ClN2O2. The van der Waals surface area contributed by atoms with Crippen LogP contribution in [0.3, 0.4) is 0 Å². The van der Waals surface area contributed by atoms with Crippen LogP contribution in [0.1, 0.15) is 18.4 Å². The summed E-state index contributed by atoms with van der Waals surface area (Å²) in [5.41, 5.74) is 1.83. The first-order valence-corrected chi connectivity index (χ1v) is 7.41. The van der Waals surface area contributed by atoms with Crippen molar-refractivity contribution in [2.45, 2.75) is 25.3 Å². The van der Waals surface area contributed by atoms with E-state index < -0.39 is 0 Å². The van der Waals surface area contributed by atoms with Gasteiger partial charge in [-0.25, -0.2) is 0 Å². The molecule has 2 aromatic rings. The van der Waals surface area contributed by atoms with E-state index in [-0.39, 0.29) is 18.4 Å². The van der Waals surface area contributed by atoms with Crippen LogP contribution in [0.4, 0.5) is 0 Å². The van der Waals surface area contributed by atoms with Crippen molar-refractivity contribution in [2.24, 2.45) is 0 Å². The number of aromatic amines is 1. The second-order valence-electron chi connectivity index (χ2n) is 5.38. The summed E-state index contributed by atoms with van der Waals surface area (Å²) in [4.78, 5) is 5.41. The van der Waals surface area contributed by atoms with Crippen LogP contribution in [0.5, 0.6) is 5.75 Å². The van der Waals surface area contributed by atoms with Crippen LogP contribution in [0.15, 0.2) is 18.2 Å². The molecule has 0 saturated carbocycles. The first kappa shape index (κ1) is 13.7. The number of phenolic OH excluding ortho intramolecular Hbond substituents is 1. The van der Waals surface area contributed by atoms with Crippen molar-refractivity contribution in [1.82, 2.24) is 9.88 Å². The van der Waals surface area contributed by atoms with Gasteiger partial charge in [0.25, 0.3) is 0 Å². The molecule has 20 heavy (non-hydrogen) atoms. The van der Waals surface area contributed by atoms with E-state index in [0.717, 1.165) is 48.8 Å². The van der Waals surface area contributed by atoms with E-state index in [1.807, 2.05) is 6.07 Å². The Morgan fingerprint density at radius 3 is 3.05 bits per heavy atom. The zero-order valence-electron chi connectivity index (χ0n) is 11.3. The van der Waals surface area contributed by atoms with Crippen molar-refractivity contribution in [3.05, 3.63) is 28.9 Å². The highest BCUT2D eigenvalue weighted by Crippen LogP contribution is 2.33. The predicted molar refractivity (Wildman–Crippen MR) is 80.4 cm³/mol. The number of hydrogen-bond donors (Lipinski definition) is 3. The quantitative estimate of drug-likeness (QED) is 0.812. The molecule has 2 heterocycles. The largest absolute Gasteiger partial charge is 0.507 e. The third-order valence-corrected chi connectivity index (χ3v) is 4.54. The van der Waals surface area contributed by atoms with Crippen molar-refractivity contribution >= 4 is 22.5 Å². The molecule has 1 atom stereocenters. The van der Waals surface area contributed by atoms with Crippen LogP contribution in [0, 0.1) is 0 Å². The number of aromatic nitrogens is 1. The summed E-state index contributed by atoms with van der Waals surface area (Å²) in [6, 6.07) is 5.67. The van der Waals surface area contributed by atoms with Crippen molar-refractivity contribution in [3.63, 3.8) is 0 Å². The maximum Gasteiger partial charge on any atom is 0.125 e. The predicted octanol–water partition coefficient (Wildman–Crippen LogP) is 2.53. The Labute approximate surface area is 123 Å². The summed E-state index contributed by atoms with van der Waals surface area (Å²) >= 11 is 6.26. The smallest absolute Gasteiger partial charge is 0.125 e. The van der Waals surface area contributed by atoms with E-state index in [1.165, 1.54) is 0 Å². The number of halogens is 1. The number of fused-ring (bicyclic) bond motifs is 1. The Morgan fingerprint density at radius 1 is 1.40 bits per heavy atom. The number of H-pyrrole nitrogens is 1. The fourth-order valence-corrected chi connectivity index (χ4v) is 3.44. The minimum atomic E-state index is 0.215. The van der Waals surface area contributed by atoms with Gasteiger partial charge in [0, 0.05) is 23.5 Å². The van der Waals surface area contributed by atoms with Gasteiger partial charge in [-0.2, -0.15) is 0 Å². The van der Waals surface area contributed by atoms with E-state index in [2.05, 4.69) is 9.88 Å². The zero-order chi connectivity index (χ0) is 14.1. The molecule has 1 aromatic carbocycles. The minimum absolute atomic E-state index is 0.215. The lowest BCUT2D eigenvalue weighted by Gasteiger charge is -2.22. The minimum Gasteiger partial charge on any atom is -0.507 e. The van der Waals surface area contributed by atoms with Crippen LogP contribution >= 0.6 is 11.6 Å². The molecule has 1 unspecified atom stereocenters. The van der Waals surface area contributed by atoms with Gasteiger partial charge in [0.15, 0.2) is 0 Å². The summed E-state index contributed by atoms with van der Waals surface area (Å²) in [6.45, 7) is 2.09. The highest BCUT2D eigenvalue weighted by Gasteiger charge is 2.24. The number of phenols is 1. The Bertz CT molecular complexity index is 611. The average Bonchev–Trinajstić information content (AvgIpc) is 3.00. The van der Waals surface area contributed by atoms with Gasteiger partial charge in [0.1, 0.15) is 10.9 Å². The number of aliphatic hydroxyl groups excluding tert-OH is 1. The molecule has 0 amide bonds. The molecule has 1 saturated heterocycles. The van der Waals surface area contributed by atoms with Crippen molar-refractivity contribution in [1.29, 1.82) is 0 Å². The Hall–Kier alpha value is -1.23. The molecule has 1 fully saturated rings. The van der Waals surface area contributed by atoms with Crippen LogP contribution in [0.2, 0.25) is 5.15 Å². The van der Waals surface area contributed by atoms with Crippen LogP contribution < -0.4 is 0 Å². The lowest BCUT2D eigenvalue weighted by Crippen LogP contribution is -2.33. The molecule has 1 aromatic heterocycles. The standard InChI is InChI=1S/C15H19ClN2O2/c16-15-11(6-8-18-7-2-3-10(18)9-19)14-12(17-15)4-1-5-13(14)20/h1,4-5,10,17,19-20H,2-3,6-9H2. The fourth-order valence-electron chi connectivity index (χ4n) is 3.15. The molecule has 3 rings (SSSR count). The number of rotatable bonds is 4. The van der Waals surface area contributed by atoms with Gasteiger partial charge >= 0.3 is 0 Å². The number of aliphatic hydroxyl groups is 1. The van der Waals surface area contributed by atoms with E-state index in [9.17, 15) is 10.2 Å². The average molecular weight is 295 g/mol. The topological polar surface area (TPSA) is 59.5 Å². The second-order valence-corrected chi connectivity index (χ2v) is 5.76. The Morgan fingerprint density at radius 2 is 2.25 bits per heavy atom. The summed E-state index contributed by atoms with van der Waals surface area (Å²) < 4.78 is 0. The molecule has 108 valence electrons. The van der Waals surface area contributed by atoms with Gasteiger partial charge in [-0.1, -0.05) is 17.7 Å². The van der Waals surface area contributed by atoms with Gasteiger partial charge in [-0.15, -0.1) is 0 Å². The molecule has 0 bridgehead atoms. The SMILES string of the molecule is OCC1CCCN1CCc1c(Cl)[nH]c2cccc(O)c12. The van der Waals surface area contributed by atoms with Crippen molar-refractivity contribution in [2.75, 3.05) is 19.7 Å². The molecule has 4 nitrogen and oxygen atoms in total. The maximum absolute atomic E-state index is 10.0. The number of nitrogens with one attached hydrogen (secondary N) is 1. The molecule has 1 aliphatic rings. The number of nitrogens with zero attached hydrogens (tertiary/aromatic N) is 1. The van der Waals surface area contributed by atoms with Crippen LogP contribution in [-0.4, -0.2) is 45.8 Å². The van der Waals surface area contributed by atoms with Gasteiger partial charge in [0.05, 0.1) is 12.1 Å². The van der Waals surface area contributed by atoms with Gasteiger partial charge in [0.2, 0.25) is 0 Å². The molecule has 0 aliphatic carbocycles. The number of benzene rings is 1. The van der Waals surface area contributed by atoms with Crippen molar-refractivity contribution < 1.29 is 10.2 Å². The number of aromatic hydroxyl groups is 1. The molecule has 3 N–H and O–H groups in total. The van der Waals surface area contributed by atoms with Gasteiger partial charge in [-0.05, 0) is 37.9 Å². The normalized spacial score (nSPS) is 20.0. The first-order chi connectivity index (χ1) is 9.70. The molecular weight excluding hydrogens is 276 g/mol. The monoisotopic (exact) mass is 294 g/mol. The van der Waals surface area contributed by atoms with Crippen LogP contribution in [-0.2, 0) is 6.42 Å². The number of hydrogen-bond acceptors (Lipinski definition) is 3. The van der Waals surface area contributed by atoms with Gasteiger partial charge in [-0.3, -0.25) is 4.90 Å². The first-order valence-electron chi connectivity index (χ1n) is 7.03. The second kappa shape index (κ2) is 5.64. The molecule has 0 radical (unpaired) electrons. The lowest BCUT2D eigenvalue weighted by atomic mass is 10.1. The van der Waals surface area contributed by atoms with Gasteiger partial charge < -0.3 is 15.2 Å². The zero-order valence-corrected chi connectivity index (χ0v) is 12.0. The Balaban J connectivity index is 1.82. The maximum atomic E-state index is 10.0. The summed E-state index contributed by atoms with van der Waals surface area (Å²) in [7, 11) is 0. The Kier molecular flexibility index (Phi) is 3.87. The van der Waals surface area contributed by atoms with E-state index >= 15 is 0 Å². The summed E-state index contributed by atoms with van der Waals surface area (Å²) in [6.07, 6.45) is 2.97. The van der Waals surface area contributed by atoms with E-state index in [4.69, 9.17) is 11.6 Å². The van der Waals surface area contributed by atoms with E-state index in [0.29, 0.717) is 5.15 Å². The molecule has 1 aliphatic heterocycles. The van der Waals surface area contributed by atoms with E-state index in [1.54, 1.807) is 12.1 Å². The van der Waals surface area contributed by atoms with Crippen LogP contribution in [0.25, 0.3) is 10.9 Å². The third-order valence-electron chi connectivity index (χ3n) is 4.21. The highest BCUT2D eigenvalue weighted by molar-refractivity contribution is 6.32. The number of likely N-dealkylation sites (tertiary alicyclic amines) is 1. The lowest BCUT2D eigenvalue weighted by molar-refractivity contribution is 0.160. The third kappa shape index (κ3) is 2.39. The molecule has 0 spiro atoms. The molecule has 5 heteroatoms. The highest BCUT2D eigenvalue weighted by atomic mass is 35.5.